The molecule has 178 valence electrons. The number of nitrogens with one attached hydrogen (secondary N) is 1. The van der Waals surface area contributed by atoms with Crippen LogP contribution in [0.4, 0.5) is 5.69 Å². The third-order valence-electron chi connectivity index (χ3n) is 5.96. The predicted octanol–water partition coefficient (Wildman–Crippen LogP) is 6.27. The van der Waals surface area contributed by atoms with Gasteiger partial charge in [0.25, 0.3) is 5.91 Å². The fourth-order valence-electron chi connectivity index (χ4n) is 4.10. The fraction of sp³-hybridized carbons (Fsp3) is 0.0690. The number of nitrogens with zero attached hydrogens (tertiary/aromatic N) is 3. The van der Waals surface area contributed by atoms with Crippen LogP contribution in [0.2, 0.25) is 0 Å². The molecule has 0 spiro atoms. The van der Waals surface area contributed by atoms with E-state index in [0.29, 0.717) is 0 Å². The van der Waals surface area contributed by atoms with Gasteiger partial charge in [-0.25, -0.2) is 5.43 Å². The van der Waals surface area contributed by atoms with E-state index in [1.165, 1.54) is 17.7 Å². The number of carbonyl (C=O) groups is 1. The fourth-order valence-corrected chi connectivity index (χ4v) is 4.37. The summed E-state index contributed by atoms with van der Waals surface area (Å²) >= 11 is 3.52. The zero-order valence-electron chi connectivity index (χ0n) is 19.3. The molecule has 7 heteroatoms. The first-order valence-electron chi connectivity index (χ1n) is 11.5. The molecule has 4 aromatic rings. The standard InChI is InChI=1S/C29H23BrN4O2/c30-23-14-12-22(13-15-23)27-18-26(21-6-2-1-3-7-21)33-34(27)24-16-10-20(11-17-24)19-31-32-29(36)25-8-4-5-9-28(25)35/h1-17,19,27,35H,18H2,(H,32,36)/b31-19+. The highest BCUT2D eigenvalue weighted by Crippen LogP contribution is 2.37. The van der Waals surface area contributed by atoms with Gasteiger partial charge in [0, 0.05) is 10.9 Å². The summed E-state index contributed by atoms with van der Waals surface area (Å²) in [7, 11) is 0. The highest BCUT2D eigenvalue weighted by Gasteiger charge is 2.29. The van der Waals surface area contributed by atoms with Crippen molar-refractivity contribution >= 4 is 39.5 Å². The lowest BCUT2D eigenvalue weighted by molar-refractivity contribution is 0.0952. The molecule has 0 bridgehead atoms. The van der Waals surface area contributed by atoms with Crippen molar-refractivity contribution in [2.24, 2.45) is 10.2 Å². The minimum atomic E-state index is -0.474. The average molecular weight is 539 g/mol. The van der Waals surface area contributed by atoms with Crippen molar-refractivity contribution in [3.05, 3.63) is 130 Å². The van der Waals surface area contributed by atoms with Gasteiger partial charge in [-0.15, -0.1) is 0 Å². The van der Waals surface area contributed by atoms with Gasteiger partial charge in [-0.3, -0.25) is 9.80 Å². The van der Waals surface area contributed by atoms with Crippen molar-refractivity contribution in [3.8, 4) is 5.75 Å². The first-order chi connectivity index (χ1) is 17.6. The van der Waals surface area contributed by atoms with E-state index in [0.717, 1.165) is 33.4 Å². The molecule has 1 heterocycles. The van der Waals surface area contributed by atoms with Gasteiger partial charge < -0.3 is 5.11 Å². The van der Waals surface area contributed by atoms with Crippen LogP contribution in [0, 0.1) is 0 Å². The number of hydrogen-bond donors (Lipinski definition) is 2. The summed E-state index contributed by atoms with van der Waals surface area (Å²) in [6, 6.07) is 32.9. The molecule has 2 N–H and O–H groups in total. The van der Waals surface area contributed by atoms with Crippen LogP contribution in [0.3, 0.4) is 0 Å². The van der Waals surface area contributed by atoms with E-state index in [1.54, 1.807) is 18.3 Å². The van der Waals surface area contributed by atoms with E-state index in [9.17, 15) is 9.90 Å². The van der Waals surface area contributed by atoms with Gasteiger partial charge in [0.15, 0.2) is 0 Å². The Balaban J connectivity index is 1.35. The molecular weight excluding hydrogens is 516 g/mol. The van der Waals surface area contributed by atoms with Crippen molar-refractivity contribution in [1.29, 1.82) is 0 Å². The third-order valence-corrected chi connectivity index (χ3v) is 6.49. The molecule has 0 fully saturated rings. The van der Waals surface area contributed by atoms with Crippen LogP contribution in [0.1, 0.15) is 39.5 Å². The lowest BCUT2D eigenvalue weighted by Crippen LogP contribution is -2.18. The van der Waals surface area contributed by atoms with Crippen molar-refractivity contribution < 1.29 is 9.90 Å². The number of hydrazone groups is 2. The highest BCUT2D eigenvalue weighted by molar-refractivity contribution is 9.10. The van der Waals surface area contributed by atoms with E-state index in [4.69, 9.17) is 5.10 Å². The molecule has 0 saturated heterocycles. The number of amides is 1. The summed E-state index contributed by atoms with van der Waals surface area (Å²) in [5.74, 6) is -0.561. The molecule has 1 atom stereocenters. The van der Waals surface area contributed by atoms with Gasteiger partial charge in [0.1, 0.15) is 5.75 Å². The van der Waals surface area contributed by atoms with Crippen molar-refractivity contribution in [2.45, 2.75) is 12.5 Å². The van der Waals surface area contributed by atoms with E-state index in [2.05, 4.69) is 67.9 Å². The van der Waals surface area contributed by atoms with E-state index >= 15 is 0 Å². The first kappa shape index (κ1) is 23.5. The molecule has 1 amide bonds. The monoisotopic (exact) mass is 538 g/mol. The predicted molar refractivity (Wildman–Crippen MR) is 147 cm³/mol. The number of anilines is 1. The molecule has 0 saturated carbocycles. The molecule has 1 unspecified atom stereocenters. The number of phenols is 1. The molecule has 36 heavy (non-hydrogen) atoms. The molecule has 0 radical (unpaired) electrons. The second-order valence-corrected chi connectivity index (χ2v) is 9.25. The van der Waals surface area contributed by atoms with Crippen molar-refractivity contribution in [1.82, 2.24) is 5.43 Å². The Morgan fingerprint density at radius 2 is 1.64 bits per heavy atom. The summed E-state index contributed by atoms with van der Waals surface area (Å²) in [5, 5.41) is 20.9. The number of carbonyl (C=O) groups excluding carboxylic acids is 1. The van der Waals surface area contributed by atoms with Gasteiger partial charge in [-0.1, -0.05) is 82.7 Å². The van der Waals surface area contributed by atoms with Crippen LogP contribution in [-0.4, -0.2) is 22.9 Å². The van der Waals surface area contributed by atoms with Gasteiger partial charge in [0.05, 0.1) is 29.2 Å². The topological polar surface area (TPSA) is 77.3 Å². The summed E-state index contributed by atoms with van der Waals surface area (Å²) in [5.41, 5.74) is 7.75. The minimum Gasteiger partial charge on any atom is -0.507 e. The van der Waals surface area contributed by atoms with Crippen molar-refractivity contribution in [3.63, 3.8) is 0 Å². The molecule has 4 aromatic carbocycles. The number of aromatic hydroxyl groups is 1. The van der Waals surface area contributed by atoms with Crippen LogP contribution in [0.5, 0.6) is 5.75 Å². The molecule has 5 rings (SSSR count). The minimum absolute atomic E-state index is 0.0747. The largest absolute Gasteiger partial charge is 0.507 e. The van der Waals surface area contributed by atoms with Gasteiger partial charge in [-0.2, -0.15) is 10.2 Å². The van der Waals surface area contributed by atoms with E-state index < -0.39 is 5.91 Å². The molecule has 6 nitrogen and oxygen atoms in total. The Hall–Kier alpha value is -4.23. The van der Waals surface area contributed by atoms with E-state index in [1.807, 2.05) is 42.5 Å². The average Bonchev–Trinajstić information content (AvgIpc) is 3.36. The van der Waals surface area contributed by atoms with Crippen LogP contribution in [0.15, 0.2) is 118 Å². The molecule has 1 aliphatic heterocycles. The number of para-hydroxylation sites is 1. The highest BCUT2D eigenvalue weighted by atomic mass is 79.9. The number of rotatable bonds is 6. The molecule has 0 aromatic heterocycles. The lowest BCUT2D eigenvalue weighted by atomic mass is 9.98. The van der Waals surface area contributed by atoms with Crippen molar-refractivity contribution in [2.75, 3.05) is 5.01 Å². The normalized spacial score (nSPS) is 15.2. The Kier molecular flexibility index (Phi) is 6.91. The maximum Gasteiger partial charge on any atom is 0.275 e. The van der Waals surface area contributed by atoms with Crippen LogP contribution >= 0.6 is 15.9 Å². The number of benzene rings is 4. The maximum absolute atomic E-state index is 12.2. The van der Waals surface area contributed by atoms with Gasteiger partial charge in [-0.05, 0) is 53.1 Å². The summed E-state index contributed by atoms with van der Waals surface area (Å²) in [4.78, 5) is 12.2. The Morgan fingerprint density at radius 1 is 0.944 bits per heavy atom. The Labute approximate surface area is 217 Å². The Morgan fingerprint density at radius 3 is 2.36 bits per heavy atom. The van der Waals surface area contributed by atoms with Gasteiger partial charge in [0.2, 0.25) is 0 Å². The lowest BCUT2D eigenvalue weighted by Gasteiger charge is -2.24. The zero-order valence-corrected chi connectivity index (χ0v) is 20.8. The van der Waals surface area contributed by atoms with E-state index in [-0.39, 0.29) is 17.4 Å². The van der Waals surface area contributed by atoms with Crippen LogP contribution in [0.25, 0.3) is 0 Å². The summed E-state index contributed by atoms with van der Waals surface area (Å²) in [6.07, 6.45) is 2.36. The second kappa shape index (κ2) is 10.6. The summed E-state index contributed by atoms with van der Waals surface area (Å²) < 4.78 is 1.04. The van der Waals surface area contributed by atoms with Gasteiger partial charge >= 0.3 is 0 Å². The first-order valence-corrected chi connectivity index (χ1v) is 12.3. The Bertz CT molecular complexity index is 1420. The maximum atomic E-state index is 12.2. The molecule has 0 aliphatic carbocycles. The smallest absolute Gasteiger partial charge is 0.275 e. The molecular formula is C29H23BrN4O2. The number of hydrogen-bond acceptors (Lipinski definition) is 5. The number of phenolic OH excluding ortho intramolecular Hbond substituents is 1. The number of halogens is 1. The quantitative estimate of drug-likeness (QED) is 0.224. The molecule has 1 aliphatic rings. The second-order valence-electron chi connectivity index (χ2n) is 8.34. The summed E-state index contributed by atoms with van der Waals surface area (Å²) in [6.45, 7) is 0. The zero-order chi connectivity index (χ0) is 24.9. The van der Waals surface area contributed by atoms with Crippen LogP contribution in [-0.2, 0) is 0 Å². The third kappa shape index (κ3) is 5.21. The SMILES string of the molecule is O=C(N/N=C/c1ccc(N2N=C(c3ccccc3)CC2c2ccc(Br)cc2)cc1)c1ccccc1O. The van der Waals surface area contributed by atoms with Crippen LogP contribution < -0.4 is 10.4 Å².